The van der Waals surface area contributed by atoms with Gasteiger partial charge in [0, 0.05) is 41.9 Å². The SMILES string of the molecule is C1=CCC=C1.C1=Cc2ncccc2C1.C1=NC=NC1.ClC1=Nc2ccccc2C1.c1ccc2c(c1)CCCC2.c1ccc2c(c1)Cc1sncc1-2. The third-order valence-corrected chi connectivity index (χ3v) is 9.78. The maximum Gasteiger partial charge on any atom is 0.111 e. The molecule has 256 valence electrons. The van der Waals surface area contributed by atoms with Gasteiger partial charge in [0.1, 0.15) is 11.5 Å². The third kappa shape index (κ3) is 10.7. The van der Waals surface area contributed by atoms with Gasteiger partial charge in [-0.3, -0.25) is 9.98 Å². The van der Waals surface area contributed by atoms with Gasteiger partial charge in [0.15, 0.2) is 0 Å². The highest BCUT2D eigenvalue weighted by molar-refractivity contribution is 7.06. The number of fused-ring (bicyclic) bond motifs is 6. The molecule has 6 aliphatic rings. The number of halogens is 1. The van der Waals surface area contributed by atoms with Crippen LogP contribution in [0.25, 0.3) is 17.2 Å². The zero-order chi connectivity index (χ0) is 34.9. The number of aliphatic imine (C=N–C) groups is 3. The van der Waals surface area contributed by atoms with Crippen LogP contribution >= 0.6 is 23.1 Å². The van der Waals surface area contributed by atoms with Gasteiger partial charge in [-0.15, -0.1) is 0 Å². The fourth-order valence-electron chi connectivity index (χ4n) is 6.19. The van der Waals surface area contributed by atoms with Crippen molar-refractivity contribution in [2.75, 3.05) is 6.54 Å². The Hall–Kier alpha value is -5.04. The normalized spacial score (nSPS) is 15.0. The molecular weight excluding hydrogens is 666 g/mol. The summed E-state index contributed by atoms with van der Waals surface area (Å²) in [6.45, 7) is 0.778. The molecule has 3 aromatic carbocycles. The Kier molecular flexibility index (Phi) is 13.6. The van der Waals surface area contributed by atoms with Gasteiger partial charge >= 0.3 is 0 Å². The molecule has 0 unspecified atom stereocenters. The lowest BCUT2D eigenvalue weighted by Crippen LogP contribution is -2.00. The number of benzene rings is 3. The highest BCUT2D eigenvalue weighted by Gasteiger charge is 2.19. The highest BCUT2D eigenvalue weighted by Crippen LogP contribution is 2.38. The van der Waals surface area contributed by atoms with E-state index in [0.29, 0.717) is 5.17 Å². The van der Waals surface area contributed by atoms with Gasteiger partial charge in [-0.2, -0.15) is 0 Å². The molecule has 7 heteroatoms. The number of nitrogens with zero attached hydrogens (tertiary/aromatic N) is 5. The second kappa shape index (κ2) is 19.4. The van der Waals surface area contributed by atoms with E-state index in [0.717, 1.165) is 43.6 Å². The van der Waals surface area contributed by atoms with E-state index in [1.54, 1.807) is 35.2 Å². The number of allylic oxidation sites excluding steroid dienone is 5. The summed E-state index contributed by atoms with van der Waals surface area (Å²) in [4.78, 5) is 17.1. The molecule has 0 spiro atoms. The number of hydrogen-bond donors (Lipinski definition) is 0. The summed E-state index contributed by atoms with van der Waals surface area (Å²) in [5.41, 5.74) is 12.1. The first-order chi connectivity index (χ1) is 25.2. The van der Waals surface area contributed by atoms with E-state index in [-0.39, 0.29) is 0 Å². The molecule has 11 rings (SSSR count). The van der Waals surface area contributed by atoms with Gasteiger partial charge in [0.05, 0.1) is 17.9 Å². The monoisotopic (exact) mass is 707 g/mol. The van der Waals surface area contributed by atoms with Crippen LogP contribution in [-0.4, -0.2) is 33.6 Å². The summed E-state index contributed by atoms with van der Waals surface area (Å²) in [5, 5.41) is 0.696. The maximum absolute atomic E-state index is 5.73. The van der Waals surface area contributed by atoms with Crippen LogP contribution in [0.4, 0.5) is 5.69 Å². The molecule has 0 bridgehead atoms. The van der Waals surface area contributed by atoms with Crippen LogP contribution in [0.3, 0.4) is 0 Å². The average molecular weight is 708 g/mol. The standard InChI is InChI=1S/C10H7NS.C10H12.C8H6ClN.C8H7N.C5H6.C3H4N2/c1-2-4-8-7(3-1)5-10-9(8)6-11-12-10;1-2-6-10-8-4-3-7-9(10)5-1;9-8-5-6-3-1-2-4-7(6)10-8;1-3-7-4-2-6-9-8(7)5-1;1-2-4-5-3-1;1-2-5-3-4-1/h1-4,6H,5H2;1-2,5-6H,3-4,7-8H2;1-4H,5H2;1-2,4-6H,3H2;1-4H,5H2;1,3H,2H2. The summed E-state index contributed by atoms with van der Waals surface area (Å²) in [6, 6.07) is 29.5. The van der Waals surface area contributed by atoms with Crippen LogP contribution in [0.1, 0.15) is 57.7 Å². The van der Waals surface area contributed by atoms with E-state index in [1.807, 2.05) is 42.7 Å². The van der Waals surface area contributed by atoms with E-state index < -0.39 is 0 Å². The molecule has 51 heavy (non-hydrogen) atoms. The van der Waals surface area contributed by atoms with E-state index in [2.05, 4.69) is 115 Å². The van der Waals surface area contributed by atoms with Gasteiger partial charge < -0.3 is 0 Å². The van der Waals surface area contributed by atoms with Crippen molar-refractivity contribution in [3.8, 4) is 11.1 Å². The summed E-state index contributed by atoms with van der Waals surface area (Å²) in [6.07, 6.45) is 29.1. The Morgan fingerprint density at radius 2 is 1.37 bits per heavy atom. The van der Waals surface area contributed by atoms with E-state index in [9.17, 15) is 0 Å². The minimum Gasteiger partial charge on any atom is -0.268 e. The molecule has 0 saturated carbocycles. The van der Waals surface area contributed by atoms with Crippen molar-refractivity contribution >= 4 is 52.6 Å². The van der Waals surface area contributed by atoms with Gasteiger partial charge in [0.25, 0.3) is 0 Å². The zero-order valence-corrected chi connectivity index (χ0v) is 30.3. The van der Waals surface area contributed by atoms with E-state index >= 15 is 0 Å². The van der Waals surface area contributed by atoms with Crippen molar-refractivity contribution in [1.29, 1.82) is 0 Å². The van der Waals surface area contributed by atoms with E-state index in [1.165, 1.54) is 58.4 Å². The second-order valence-corrected chi connectivity index (χ2v) is 13.6. The van der Waals surface area contributed by atoms with Gasteiger partial charge in [-0.1, -0.05) is 115 Å². The van der Waals surface area contributed by atoms with Crippen molar-refractivity contribution in [3.05, 3.63) is 166 Å². The van der Waals surface area contributed by atoms with Gasteiger partial charge in [-0.05, 0) is 102 Å². The molecule has 4 heterocycles. The molecular formula is C44H42ClN5S. The molecule has 0 fully saturated rings. The molecule has 4 aliphatic carbocycles. The fraction of sp³-hybridized carbons (Fsp3) is 0.205. The smallest absolute Gasteiger partial charge is 0.111 e. The fourth-order valence-corrected chi connectivity index (χ4v) is 7.20. The summed E-state index contributed by atoms with van der Waals surface area (Å²) < 4.78 is 4.18. The summed E-state index contributed by atoms with van der Waals surface area (Å²) in [5.74, 6) is 0. The average Bonchev–Trinajstić information content (AvgIpc) is 4.04. The number of para-hydroxylation sites is 1. The van der Waals surface area contributed by atoms with Crippen LogP contribution in [0.2, 0.25) is 0 Å². The molecule has 5 aromatic rings. The zero-order valence-electron chi connectivity index (χ0n) is 28.7. The van der Waals surface area contributed by atoms with Crippen molar-refractivity contribution in [3.63, 3.8) is 0 Å². The Morgan fingerprint density at radius 1 is 0.667 bits per heavy atom. The van der Waals surface area contributed by atoms with Crippen LogP contribution in [0, 0.1) is 0 Å². The van der Waals surface area contributed by atoms with Crippen molar-refractivity contribution in [2.45, 2.75) is 51.4 Å². The highest BCUT2D eigenvalue weighted by atomic mass is 35.5. The van der Waals surface area contributed by atoms with Crippen molar-refractivity contribution < 1.29 is 0 Å². The Labute approximate surface area is 310 Å². The number of aryl methyl sites for hydroxylation is 2. The van der Waals surface area contributed by atoms with Crippen molar-refractivity contribution in [2.24, 2.45) is 15.0 Å². The largest absolute Gasteiger partial charge is 0.268 e. The molecule has 0 N–H and O–H groups in total. The predicted molar refractivity (Wildman–Crippen MR) is 218 cm³/mol. The Morgan fingerprint density at radius 3 is 2.02 bits per heavy atom. The second-order valence-electron chi connectivity index (χ2n) is 12.3. The van der Waals surface area contributed by atoms with Gasteiger partial charge in [0.2, 0.25) is 0 Å². The van der Waals surface area contributed by atoms with E-state index in [4.69, 9.17) is 11.6 Å². The van der Waals surface area contributed by atoms with Crippen LogP contribution in [0.5, 0.6) is 0 Å². The summed E-state index contributed by atoms with van der Waals surface area (Å²) >= 11 is 7.35. The lowest BCUT2D eigenvalue weighted by molar-refractivity contribution is 0.685. The molecule has 5 nitrogen and oxygen atoms in total. The minimum atomic E-state index is 0.696. The molecule has 2 aliphatic heterocycles. The van der Waals surface area contributed by atoms with Gasteiger partial charge in [-0.25, -0.2) is 14.4 Å². The Bertz CT molecular complexity index is 2000. The number of rotatable bonds is 0. The topological polar surface area (TPSA) is 62.9 Å². The molecule has 2 aromatic heterocycles. The van der Waals surface area contributed by atoms with Crippen LogP contribution in [-0.2, 0) is 32.1 Å². The third-order valence-electron chi connectivity index (χ3n) is 8.77. The van der Waals surface area contributed by atoms with Crippen LogP contribution < -0.4 is 0 Å². The lowest BCUT2D eigenvalue weighted by Gasteiger charge is -2.13. The number of pyridine rings is 1. The quantitative estimate of drug-likeness (QED) is 0.158. The van der Waals surface area contributed by atoms with Crippen LogP contribution in [0.15, 0.2) is 143 Å². The predicted octanol–water partition coefficient (Wildman–Crippen LogP) is 11.0. The number of aromatic nitrogens is 2. The lowest BCUT2D eigenvalue weighted by atomic mass is 9.92. The first-order valence-corrected chi connectivity index (χ1v) is 18.7. The van der Waals surface area contributed by atoms with Crippen molar-refractivity contribution in [1.82, 2.24) is 9.36 Å². The molecule has 0 atom stereocenters. The number of hydrogen-bond acceptors (Lipinski definition) is 6. The maximum atomic E-state index is 5.73. The molecule has 0 saturated heterocycles. The minimum absolute atomic E-state index is 0.696. The summed E-state index contributed by atoms with van der Waals surface area (Å²) in [7, 11) is 0. The molecule has 0 radical (unpaired) electrons. The molecule has 0 amide bonds. The Balaban J connectivity index is 0.000000108. The first kappa shape index (κ1) is 35.8. The first-order valence-electron chi connectivity index (χ1n) is 17.6.